The van der Waals surface area contributed by atoms with Crippen molar-refractivity contribution in [1.82, 2.24) is 5.32 Å². The first-order valence-corrected chi connectivity index (χ1v) is 1.57. The van der Waals surface area contributed by atoms with Crippen molar-refractivity contribution in [3.63, 3.8) is 0 Å². The Balaban J connectivity index is 0. The molecule has 0 rings (SSSR count). The van der Waals surface area contributed by atoms with Gasteiger partial charge in [-0.25, -0.2) is 0 Å². The zero-order valence-corrected chi connectivity index (χ0v) is 4.21. The van der Waals surface area contributed by atoms with E-state index in [9.17, 15) is 0 Å². The molecule has 0 unspecified atom stereocenters. The van der Waals surface area contributed by atoms with E-state index >= 15 is 0 Å². The summed E-state index contributed by atoms with van der Waals surface area (Å²) in [5, 5.41) is 16.4. The summed E-state index contributed by atoms with van der Waals surface area (Å²) in [5.41, 5.74) is 0. The molecule has 2 N–H and O–H groups in total. The van der Waals surface area contributed by atoms with Crippen LogP contribution in [0.25, 0.3) is 0 Å². The van der Waals surface area contributed by atoms with E-state index in [-0.39, 0.29) is 0 Å². The van der Waals surface area contributed by atoms with Gasteiger partial charge in [0, 0.05) is 0 Å². The first-order chi connectivity index (χ1) is 3.15. The van der Waals surface area contributed by atoms with Crippen LogP contribution < -0.4 is 5.32 Å². The molecule has 0 bridgehead atoms. The van der Waals surface area contributed by atoms with Gasteiger partial charge in [0.25, 0.3) is 5.09 Å². The molecule has 0 aromatic heterocycles. The Hall–Kier alpha value is -0.840. The van der Waals surface area contributed by atoms with E-state index in [1.165, 1.54) is 0 Å². The molecule has 0 aromatic rings. The van der Waals surface area contributed by atoms with Crippen molar-refractivity contribution in [3.8, 4) is 0 Å². The van der Waals surface area contributed by atoms with Gasteiger partial charge in [-0.05, 0) is 14.1 Å². The number of rotatable bonds is 0. The van der Waals surface area contributed by atoms with Gasteiger partial charge in [-0.1, -0.05) is 0 Å². The highest BCUT2D eigenvalue weighted by molar-refractivity contribution is 3.91. The van der Waals surface area contributed by atoms with E-state index in [1.807, 2.05) is 14.1 Å². The maximum absolute atomic E-state index is 8.36. The Kier molecular flexibility index (Phi) is 12.1. The third kappa shape index (κ3) is 73.0. The van der Waals surface area contributed by atoms with Crippen molar-refractivity contribution in [2.45, 2.75) is 0 Å². The number of hydrogen-bond acceptors (Lipinski definition) is 3. The predicted octanol–water partition coefficient (Wildman–Crippen LogP) is -0.512. The van der Waals surface area contributed by atoms with Crippen LogP contribution in [0.3, 0.4) is 0 Å². The van der Waals surface area contributed by atoms with E-state index in [1.54, 1.807) is 0 Å². The molecule has 0 spiro atoms. The molecule has 7 heavy (non-hydrogen) atoms. The van der Waals surface area contributed by atoms with Gasteiger partial charge in [0.2, 0.25) is 0 Å². The summed E-state index contributed by atoms with van der Waals surface area (Å²) in [4.78, 5) is 8.36. The monoisotopic (exact) mass is 108 g/mol. The van der Waals surface area contributed by atoms with Crippen LogP contribution in [-0.4, -0.2) is 24.4 Å². The van der Waals surface area contributed by atoms with Gasteiger partial charge in [-0.2, -0.15) is 0 Å². The molecule has 44 valence electrons. The molecule has 0 saturated heterocycles. The highest BCUT2D eigenvalue weighted by Crippen LogP contribution is 1.38. The van der Waals surface area contributed by atoms with Crippen LogP contribution in [-0.2, 0) is 0 Å². The van der Waals surface area contributed by atoms with Crippen LogP contribution in [0.4, 0.5) is 0 Å². The predicted molar refractivity (Wildman–Crippen MR) is 23.8 cm³/mol. The zero-order valence-electron chi connectivity index (χ0n) is 4.21. The van der Waals surface area contributed by atoms with Crippen LogP contribution >= 0.6 is 0 Å². The molecule has 5 nitrogen and oxygen atoms in total. The fourth-order valence-corrected chi connectivity index (χ4v) is 0. The fourth-order valence-electron chi connectivity index (χ4n) is 0. The minimum atomic E-state index is -1.50. The van der Waals surface area contributed by atoms with Crippen LogP contribution in [0, 0.1) is 10.1 Å². The van der Waals surface area contributed by atoms with Crippen molar-refractivity contribution < 1.29 is 10.3 Å². The van der Waals surface area contributed by atoms with Crippen molar-refractivity contribution >= 4 is 0 Å². The maximum atomic E-state index is 8.36. The minimum Gasteiger partial charge on any atom is -0.328 e. The molecule has 5 heteroatoms. The van der Waals surface area contributed by atoms with Gasteiger partial charge in [0.15, 0.2) is 0 Å². The van der Waals surface area contributed by atoms with E-state index in [4.69, 9.17) is 15.3 Å². The topological polar surface area (TPSA) is 75.4 Å². The molecular formula is C2H8N2O3. The Bertz CT molecular complexity index is 42.2. The minimum absolute atomic E-state index is 1.50. The first-order valence-electron chi connectivity index (χ1n) is 1.57. The fraction of sp³-hybridized carbons (Fsp3) is 1.00. The van der Waals surface area contributed by atoms with Gasteiger partial charge in [-0.15, -0.1) is 10.1 Å². The summed E-state index contributed by atoms with van der Waals surface area (Å²) in [6.07, 6.45) is 0. The largest absolute Gasteiger partial charge is 0.328 e. The second-order valence-corrected chi connectivity index (χ2v) is 0.738. The quantitative estimate of drug-likeness (QED) is 0.323. The molecule has 0 amide bonds. The lowest BCUT2D eigenvalue weighted by Crippen LogP contribution is -1.89. The first kappa shape index (κ1) is 9.48. The number of nitrogens with zero attached hydrogens (tertiary/aromatic N) is 1. The molecule has 0 radical (unpaired) electrons. The van der Waals surface area contributed by atoms with Crippen LogP contribution in [0.15, 0.2) is 0 Å². The molecule has 0 aliphatic rings. The van der Waals surface area contributed by atoms with Crippen LogP contribution in [0.1, 0.15) is 0 Å². The SMILES string of the molecule is CNC.O=[N+]([O-])O. The van der Waals surface area contributed by atoms with Gasteiger partial charge in [-0.3, -0.25) is 0 Å². The van der Waals surface area contributed by atoms with E-state index in [0.717, 1.165) is 0 Å². The molecule has 0 atom stereocenters. The van der Waals surface area contributed by atoms with Gasteiger partial charge < -0.3 is 10.5 Å². The molecule has 0 aromatic carbocycles. The summed E-state index contributed by atoms with van der Waals surface area (Å²) < 4.78 is 0. The standard InChI is InChI=1S/C2H7N.HNO3/c1-3-2;2-1(3)4/h3H,1-2H3;(H,2,3,4). The Morgan fingerprint density at radius 3 is 1.71 bits per heavy atom. The zero-order chi connectivity index (χ0) is 6.28. The second-order valence-electron chi connectivity index (χ2n) is 0.738. The third-order valence-corrected chi connectivity index (χ3v) is 0. The van der Waals surface area contributed by atoms with E-state index in [0.29, 0.717) is 0 Å². The summed E-state index contributed by atoms with van der Waals surface area (Å²) >= 11 is 0. The lowest BCUT2D eigenvalue weighted by atomic mass is 11.3. The van der Waals surface area contributed by atoms with Crippen molar-refractivity contribution in [2.24, 2.45) is 0 Å². The average molecular weight is 108 g/mol. The van der Waals surface area contributed by atoms with Crippen molar-refractivity contribution in [1.29, 1.82) is 0 Å². The molecular weight excluding hydrogens is 100 g/mol. The third-order valence-electron chi connectivity index (χ3n) is 0. The Labute approximate surface area is 41.1 Å². The highest BCUT2D eigenvalue weighted by atomic mass is 16.9. The second kappa shape index (κ2) is 8.94. The van der Waals surface area contributed by atoms with Crippen LogP contribution in [0.5, 0.6) is 0 Å². The normalized spacial score (nSPS) is 6.00. The van der Waals surface area contributed by atoms with Crippen molar-refractivity contribution in [3.05, 3.63) is 10.1 Å². The van der Waals surface area contributed by atoms with Crippen molar-refractivity contribution in [2.75, 3.05) is 14.1 Å². The van der Waals surface area contributed by atoms with Gasteiger partial charge in [0.05, 0.1) is 0 Å². The molecule has 0 fully saturated rings. The number of nitrogens with one attached hydrogen (secondary N) is 1. The lowest BCUT2D eigenvalue weighted by molar-refractivity contribution is -0.742. The van der Waals surface area contributed by atoms with Crippen LogP contribution in [0.2, 0.25) is 0 Å². The Morgan fingerprint density at radius 2 is 1.71 bits per heavy atom. The lowest BCUT2D eigenvalue weighted by Gasteiger charge is -1.59. The molecule has 0 saturated carbocycles. The molecule has 0 aliphatic heterocycles. The summed E-state index contributed by atoms with van der Waals surface area (Å²) in [6.45, 7) is 0. The van der Waals surface area contributed by atoms with E-state index in [2.05, 4.69) is 5.32 Å². The van der Waals surface area contributed by atoms with Gasteiger partial charge in [0.1, 0.15) is 0 Å². The molecule has 0 aliphatic carbocycles. The maximum Gasteiger partial charge on any atom is 0.291 e. The smallest absolute Gasteiger partial charge is 0.291 e. The summed E-state index contributed by atoms with van der Waals surface area (Å²) in [6, 6.07) is 0. The van der Waals surface area contributed by atoms with Gasteiger partial charge >= 0.3 is 0 Å². The summed E-state index contributed by atoms with van der Waals surface area (Å²) in [7, 11) is 3.75. The van der Waals surface area contributed by atoms with E-state index < -0.39 is 5.09 Å². The summed E-state index contributed by atoms with van der Waals surface area (Å²) in [5.74, 6) is 0. The molecule has 0 heterocycles. The number of hydrogen-bond donors (Lipinski definition) is 2. The Morgan fingerprint density at radius 1 is 1.71 bits per heavy atom. The average Bonchev–Trinajstić information content (AvgIpc) is 1.33. The highest BCUT2D eigenvalue weighted by Gasteiger charge is 1.65.